The van der Waals surface area contributed by atoms with Crippen LogP contribution in [0, 0.1) is 6.92 Å². The highest BCUT2D eigenvalue weighted by Gasteiger charge is 2.04. The van der Waals surface area contributed by atoms with Crippen molar-refractivity contribution in [3.63, 3.8) is 0 Å². The van der Waals surface area contributed by atoms with Crippen LogP contribution in [0.4, 0.5) is 0 Å². The fraction of sp³-hybridized carbons (Fsp3) is 0.231. The van der Waals surface area contributed by atoms with Crippen LogP contribution in [0.3, 0.4) is 0 Å². The van der Waals surface area contributed by atoms with Crippen molar-refractivity contribution in [3.8, 4) is 0 Å². The summed E-state index contributed by atoms with van der Waals surface area (Å²) in [7, 11) is 0. The molecule has 0 atom stereocenters. The summed E-state index contributed by atoms with van der Waals surface area (Å²) in [5.74, 6) is 1.66. The van der Waals surface area contributed by atoms with Gasteiger partial charge in [-0.05, 0) is 31.2 Å². The molecule has 1 amide bonds. The maximum absolute atomic E-state index is 11.7. The van der Waals surface area contributed by atoms with E-state index in [4.69, 9.17) is 4.42 Å². The second-order valence-electron chi connectivity index (χ2n) is 3.76. The highest BCUT2D eigenvalue weighted by atomic mass is 16.3. The molecule has 17 heavy (non-hydrogen) atoms. The minimum absolute atomic E-state index is 0.110. The molecule has 0 aliphatic rings. The summed E-state index contributed by atoms with van der Waals surface area (Å²) in [6, 6.07) is 7.31. The third-order valence-electron chi connectivity index (χ3n) is 2.38. The van der Waals surface area contributed by atoms with Crippen LogP contribution in [-0.2, 0) is 6.42 Å². The molecule has 2 rings (SSSR count). The van der Waals surface area contributed by atoms with Gasteiger partial charge in [0.25, 0.3) is 5.91 Å². The average Bonchev–Trinajstić information content (AvgIpc) is 2.76. The minimum atomic E-state index is -0.110. The van der Waals surface area contributed by atoms with E-state index in [1.807, 2.05) is 19.1 Å². The van der Waals surface area contributed by atoms with Crippen LogP contribution in [0.5, 0.6) is 0 Å². The summed E-state index contributed by atoms with van der Waals surface area (Å²) in [6.07, 6.45) is 3.88. The lowest BCUT2D eigenvalue weighted by Crippen LogP contribution is -2.25. The van der Waals surface area contributed by atoms with Gasteiger partial charge in [-0.25, -0.2) is 0 Å². The summed E-state index contributed by atoms with van der Waals surface area (Å²) in [5.41, 5.74) is 0.572. The van der Waals surface area contributed by atoms with Crippen LogP contribution < -0.4 is 5.32 Å². The predicted octanol–water partition coefficient (Wildman–Crippen LogP) is 1.96. The first kappa shape index (κ1) is 11.4. The number of pyridine rings is 1. The SMILES string of the molecule is Cc1ccc(CCNC(=O)c2cccnc2)o1. The number of hydrogen-bond acceptors (Lipinski definition) is 3. The predicted molar refractivity (Wildman–Crippen MR) is 63.7 cm³/mol. The molecule has 0 aliphatic carbocycles. The zero-order chi connectivity index (χ0) is 12.1. The molecule has 2 aromatic rings. The number of nitrogens with one attached hydrogen (secondary N) is 1. The Morgan fingerprint density at radius 3 is 2.94 bits per heavy atom. The number of aryl methyl sites for hydroxylation is 1. The van der Waals surface area contributed by atoms with Crippen molar-refractivity contribution in [2.24, 2.45) is 0 Å². The van der Waals surface area contributed by atoms with Crippen LogP contribution >= 0.6 is 0 Å². The molecule has 0 aromatic carbocycles. The number of carbonyl (C=O) groups excluding carboxylic acids is 1. The molecule has 0 spiro atoms. The molecule has 4 heteroatoms. The standard InChI is InChI=1S/C13H14N2O2/c1-10-4-5-12(17-10)6-8-15-13(16)11-3-2-7-14-9-11/h2-5,7,9H,6,8H2,1H3,(H,15,16). The van der Waals surface area contributed by atoms with Crippen molar-refractivity contribution in [1.82, 2.24) is 10.3 Å². The van der Waals surface area contributed by atoms with E-state index in [0.29, 0.717) is 18.5 Å². The van der Waals surface area contributed by atoms with E-state index in [0.717, 1.165) is 11.5 Å². The molecule has 0 bridgehead atoms. The summed E-state index contributed by atoms with van der Waals surface area (Å²) in [6.45, 7) is 2.46. The summed E-state index contributed by atoms with van der Waals surface area (Å²) in [5, 5.41) is 2.82. The van der Waals surface area contributed by atoms with Gasteiger partial charge in [-0.2, -0.15) is 0 Å². The van der Waals surface area contributed by atoms with Gasteiger partial charge in [0.1, 0.15) is 11.5 Å². The minimum Gasteiger partial charge on any atom is -0.466 e. The van der Waals surface area contributed by atoms with E-state index in [2.05, 4.69) is 10.3 Å². The van der Waals surface area contributed by atoms with Crippen molar-refractivity contribution in [2.45, 2.75) is 13.3 Å². The highest BCUT2D eigenvalue weighted by Crippen LogP contribution is 2.06. The van der Waals surface area contributed by atoms with Gasteiger partial charge in [0.05, 0.1) is 5.56 Å². The third kappa shape index (κ3) is 3.17. The number of hydrogen-bond donors (Lipinski definition) is 1. The van der Waals surface area contributed by atoms with E-state index in [9.17, 15) is 4.79 Å². The van der Waals surface area contributed by atoms with Gasteiger partial charge in [-0.15, -0.1) is 0 Å². The molecule has 0 radical (unpaired) electrons. The molecule has 0 saturated carbocycles. The van der Waals surface area contributed by atoms with Crippen LogP contribution in [0.25, 0.3) is 0 Å². The smallest absolute Gasteiger partial charge is 0.252 e. The topological polar surface area (TPSA) is 55.1 Å². The van der Waals surface area contributed by atoms with Gasteiger partial charge < -0.3 is 9.73 Å². The Morgan fingerprint density at radius 2 is 2.29 bits per heavy atom. The maximum atomic E-state index is 11.7. The summed E-state index contributed by atoms with van der Waals surface area (Å²) < 4.78 is 5.41. The zero-order valence-electron chi connectivity index (χ0n) is 9.64. The quantitative estimate of drug-likeness (QED) is 0.873. The first-order valence-electron chi connectivity index (χ1n) is 5.49. The Balaban J connectivity index is 1.81. The van der Waals surface area contributed by atoms with Gasteiger partial charge in [-0.1, -0.05) is 0 Å². The molecule has 0 fully saturated rings. The molecule has 0 unspecified atom stereocenters. The third-order valence-corrected chi connectivity index (χ3v) is 2.38. The lowest BCUT2D eigenvalue weighted by Gasteiger charge is -2.03. The first-order valence-corrected chi connectivity index (χ1v) is 5.49. The first-order chi connectivity index (χ1) is 8.25. The van der Waals surface area contributed by atoms with Crippen molar-refractivity contribution in [3.05, 3.63) is 53.7 Å². The van der Waals surface area contributed by atoms with Gasteiger partial charge in [0.2, 0.25) is 0 Å². The molecule has 0 saturated heterocycles. The fourth-order valence-electron chi connectivity index (χ4n) is 1.52. The summed E-state index contributed by atoms with van der Waals surface area (Å²) in [4.78, 5) is 15.6. The normalized spacial score (nSPS) is 10.2. The second-order valence-corrected chi connectivity index (χ2v) is 3.76. The molecule has 1 N–H and O–H groups in total. The van der Waals surface area contributed by atoms with Crippen molar-refractivity contribution < 1.29 is 9.21 Å². The number of nitrogens with zero attached hydrogens (tertiary/aromatic N) is 1. The number of furan rings is 1. The van der Waals surface area contributed by atoms with E-state index >= 15 is 0 Å². The molecule has 4 nitrogen and oxygen atoms in total. The Kier molecular flexibility index (Phi) is 3.55. The number of amides is 1. The van der Waals surface area contributed by atoms with Crippen molar-refractivity contribution >= 4 is 5.91 Å². The molecular formula is C13H14N2O2. The molecule has 2 aromatic heterocycles. The molecule has 0 aliphatic heterocycles. The van der Waals surface area contributed by atoms with Gasteiger partial charge >= 0.3 is 0 Å². The number of carbonyl (C=O) groups is 1. The lowest BCUT2D eigenvalue weighted by atomic mass is 10.2. The Morgan fingerprint density at radius 1 is 1.41 bits per heavy atom. The van der Waals surface area contributed by atoms with E-state index in [-0.39, 0.29) is 5.91 Å². The van der Waals surface area contributed by atoms with Gasteiger partial charge in [0, 0.05) is 25.4 Å². The van der Waals surface area contributed by atoms with Crippen LogP contribution in [-0.4, -0.2) is 17.4 Å². The molecule has 88 valence electrons. The monoisotopic (exact) mass is 230 g/mol. The van der Waals surface area contributed by atoms with E-state index in [1.165, 1.54) is 0 Å². The highest BCUT2D eigenvalue weighted by molar-refractivity contribution is 5.93. The average molecular weight is 230 g/mol. The number of rotatable bonds is 4. The summed E-state index contributed by atoms with van der Waals surface area (Å²) >= 11 is 0. The Bertz CT molecular complexity index is 491. The van der Waals surface area contributed by atoms with Crippen molar-refractivity contribution in [2.75, 3.05) is 6.54 Å². The van der Waals surface area contributed by atoms with E-state index < -0.39 is 0 Å². The number of aromatic nitrogens is 1. The fourth-order valence-corrected chi connectivity index (χ4v) is 1.52. The van der Waals surface area contributed by atoms with Crippen LogP contribution in [0.2, 0.25) is 0 Å². The van der Waals surface area contributed by atoms with Crippen LogP contribution in [0.1, 0.15) is 21.9 Å². The molecular weight excluding hydrogens is 216 g/mol. The second kappa shape index (κ2) is 5.30. The Hall–Kier alpha value is -2.10. The lowest BCUT2D eigenvalue weighted by molar-refractivity contribution is 0.0953. The largest absolute Gasteiger partial charge is 0.466 e. The Labute approximate surface area is 99.7 Å². The van der Waals surface area contributed by atoms with Gasteiger partial charge in [0.15, 0.2) is 0 Å². The van der Waals surface area contributed by atoms with E-state index in [1.54, 1.807) is 24.5 Å². The van der Waals surface area contributed by atoms with Crippen molar-refractivity contribution in [1.29, 1.82) is 0 Å². The van der Waals surface area contributed by atoms with Gasteiger partial charge in [-0.3, -0.25) is 9.78 Å². The zero-order valence-corrected chi connectivity index (χ0v) is 9.64. The maximum Gasteiger partial charge on any atom is 0.252 e. The molecule has 2 heterocycles. The van der Waals surface area contributed by atoms with Crippen LogP contribution in [0.15, 0.2) is 41.1 Å².